The minimum atomic E-state index is -6.88. The Morgan fingerprint density at radius 3 is 1.97 bits per heavy atom. The van der Waals surface area contributed by atoms with E-state index in [1.165, 1.54) is 12.1 Å². The summed E-state index contributed by atoms with van der Waals surface area (Å²) in [6.45, 7) is 0. The van der Waals surface area contributed by atoms with Crippen LogP contribution in [0.3, 0.4) is 0 Å². The van der Waals surface area contributed by atoms with Crippen molar-refractivity contribution in [2.24, 2.45) is 5.16 Å². The van der Waals surface area contributed by atoms with Crippen molar-refractivity contribution in [3.8, 4) is 0 Å². The molecule has 33 heavy (non-hydrogen) atoms. The van der Waals surface area contributed by atoms with Crippen molar-refractivity contribution >= 4 is 47.3 Å². The van der Waals surface area contributed by atoms with E-state index >= 15 is 0 Å². The fourth-order valence-corrected chi connectivity index (χ4v) is 3.96. The summed E-state index contributed by atoms with van der Waals surface area (Å²) in [5.74, 6) is -13.2. The average molecular weight is 527 g/mol. The Bertz CT molecular complexity index is 1340. The summed E-state index contributed by atoms with van der Waals surface area (Å²) in [5.41, 5.74) is -10.1. The van der Waals surface area contributed by atoms with Crippen molar-refractivity contribution in [2.45, 2.75) is 23.5 Å². The number of rotatable bonds is 5. The minimum Gasteiger partial charge on any atom is -0.261 e. The number of benzene rings is 2. The summed E-state index contributed by atoms with van der Waals surface area (Å²) in [7, 11) is -6.75. The number of hydrogen-bond donors (Lipinski definition) is 0. The van der Waals surface area contributed by atoms with Gasteiger partial charge in [0.2, 0.25) is 0 Å². The van der Waals surface area contributed by atoms with Gasteiger partial charge in [0.15, 0.2) is 5.71 Å². The number of alkyl halides is 10. The summed E-state index contributed by atoms with van der Waals surface area (Å²) in [4.78, 5) is 0. The molecule has 0 amide bonds. The van der Waals surface area contributed by atoms with Gasteiger partial charge in [-0.05, 0) is 18.2 Å². The van der Waals surface area contributed by atoms with Crippen molar-refractivity contribution in [1.82, 2.24) is 0 Å². The maximum atomic E-state index is 14.4. The maximum Gasteiger partial charge on any atom is 0.536 e. The number of halogens is 10. The normalized spacial score (nSPS) is 14.8. The van der Waals surface area contributed by atoms with Gasteiger partial charge in [-0.25, -0.2) is 0 Å². The van der Waals surface area contributed by atoms with E-state index in [0.717, 1.165) is 17.4 Å². The van der Waals surface area contributed by atoms with Crippen LogP contribution in [0.15, 0.2) is 47.6 Å². The lowest BCUT2D eigenvalue weighted by Gasteiger charge is -2.28. The smallest absolute Gasteiger partial charge is 0.261 e. The first-order chi connectivity index (χ1) is 14.9. The molecule has 2 aromatic carbocycles. The molecule has 0 aliphatic rings. The predicted molar refractivity (Wildman–Crippen MR) is 97.9 cm³/mol. The van der Waals surface area contributed by atoms with Gasteiger partial charge in [-0.1, -0.05) is 29.4 Å². The Morgan fingerprint density at radius 2 is 1.39 bits per heavy atom. The topological polar surface area (TPSA) is 55.7 Å². The summed E-state index contributed by atoms with van der Waals surface area (Å²) in [6, 6.07) is 8.39. The van der Waals surface area contributed by atoms with Crippen molar-refractivity contribution in [1.29, 1.82) is 0 Å². The van der Waals surface area contributed by atoms with Crippen LogP contribution >= 0.6 is 11.3 Å². The van der Waals surface area contributed by atoms with Crippen molar-refractivity contribution in [2.75, 3.05) is 0 Å². The highest BCUT2D eigenvalue weighted by Crippen LogP contribution is 2.48. The molecule has 3 aromatic rings. The molecule has 0 aliphatic heterocycles. The molecule has 0 atom stereocenters. The predicted octanol–water partition coefficient (Wildman–Crippen LogP) is 6.46. The number of nitrogens with zero attached hydrogens (tertiary/aromatic N) is 1. The molecule has 0 N–H and O–H groups in total. The third-order valence-electron chi connectivity index (χ3n) is 4.21. The lowest BCUT2D eigenvalue weighted by Crippen LogP contribution is -2.56. The quantitative estimate of drug-likeness (QED) is 0.166. The molecule has 0 spiro atoms. The first-order valence-electron chi connectivity index (χ1n) is 8.22. The monoisotopic (exact) mass is 527 g/mol. The Morgan fingerprint density at radius 1 is 0.818 bits per heavy atom. The van der Waals surface area contributed by atoms with E-state index in [1.807, 2.05) is 5.16 Å². The summed E-state index contributed by atoms with van der Waals surface area (Å²) < 4.78 is 157. The Balaban J connectivity index is 2.27. The average Bonchev–Trinajstić information content (AvgIpc) is 3.04. The number of oxime groups is 1. The lowest BCUT2D eigenvalue weighted by atomic mass is 9.97. The molecule has 0 aliphatic carbocycles. The second kappa shape index (κ2) is 7.72. The molecule has 0 bridgehead atoms. The highest BCUT2D eigenvalue weighted by molar-refractivity contribution is 7.87. The summed E-state index contributed by atoms with van der Waals surface area (Å²) in [6.07, 6.45) is -6.88. The van der Waals surface area contributed by atoms with E-state index in [0.29, 0.717) is 26.9 Å². The summed E-state index contributed by atoms with van der Waals surface area (Å²) >= 11 is 1.09. The zero-order valence-corrected chi connectivity index (χ0v) is 16.9. The lowest BCUT2D eigenvalue weighted by molar-refractivity contribution is -0.336. The molecule has 0 unspecified atom stereocenters. The second-order valence-corrected chi connectivity index (χ2v) is 8.97. The molecule has 1 heterocycles. The van der Waals surface area contributed by atoms with Gasteiger partial charge in [0.05, 0.1) is 0 Å². The van der Waals surface area contributed by atoms with Crippen molar-refractivity contribution < 1.29 is 56.6 Å². The van der Waals surface area contributed by atoms with Crippen LogP contribution in [0.25, 0.3) is 20.2 Å². The van der Waals surface area contributed by atoms with Crippen LogP contribution in [0.1, 0.15) is 5.56 Å². The Labute approximate surface area is 181 Å². The minimum absolute atomic E-state index is 0.0607. The Kier molecular flexibility index (Phi) is 5.85. The van der Waals surface area contributed by atoms with E-state index in [1.54, 1.807) is 12.1 Å². The van der Waals surface area contributed by atoms with E-state index in [4.69, 9.17) is 0 Å². The van der Waals surface area contributed by atoms with Crippen LogP contribution in [0.4, 0.5) is 43.9 Å². The van der Waals surface area contributed by atoms with Crippen molar-refractivity contribution in [3.05, 3.63) is 48.0 Å². The van der Waals surface area contributed by atoms with Gasteiger partial charge >= 0.3 is 33.6 Å². The molecule has 3 rings (SSSR count). The first kappa shape index (κ1) is 25.0. The molecule has 1 aromatic heterocycles. The van der Waals surface area contributed by atoms with Gasteiger partial charge in [0.25, 0.3) is 0 Å². The van der Waals surface area contributed by atoms with Crippen LogP contribution in [0.2, 0.25) is 0 Å². The fourth-order valence-electron chi connectivity index (χ4n) is 2.62. The molecular formula is C17H7F10NO3S2. The maximum absolute atomic E-state index is 14.4. The van der Waals surface area contributed by atoms with E-state index in [-0.39, 0.29) is 5.39 Å². The zero-order chi connectivity index (χ0) is 25.0. The van der Waals surface area contributed by atoms with Gasteiger partial charge < -0.3 is 0 Å². The Hall–Kier alpha value is -2.62. The molecule has 0 fully saturated rings. The van der Waals surface area contributed by atoms with Gasteiger partial charge in [0, 0.05) is 25.7 Å². The van der Waals surface area contributed by atoms with Gasteiger partial charge in [-0.15, -0.1) is 11.3 Å². The van der Waals surface area contributed by atoms with Gasteiger partial charge in [0.1, 0.15) is 0 Å². The first-order valence-corrected chi connectivity index (χ1v) is 10.4. The van der Waals surface area contributed by atoms with Crippen molar-refractivity contribution in [3.63, 3.8) is 0 Å². The highest BCUT2D eigenvalue weighted by atomic mass is 32.2. The van der Waals surface area contributed by atoms with E-state index in [2.05, 4.69) is 4.28 Å². The van der Waals surface area contributed by atoms with E-state index < -0.39 is 44.9 Å². The standard InChI is InChI=1S/C17H7F10NO3S2/c18-14(19,15(20,21)16(22,23)24)13(28-31-33(29,30)17(25,26)27)8-5-6-12-10(7-8)9-3-1-2-4-11(9)32-12/h1-7H. The number of thiophene rings is 1. The third kappa shape index (κ3) is 4.20. The molecule has 4 nitrogen and oxygen atoms in total. The van der Waals surface area contributed by atoms with Crippen LogP contribution in [0.5, 0.6) is 0 Å². The van der Waals surface area contributed by atoms with E-state index in [9.17, 15) is 52.3 Å². The van der Waals surface area contributed by atoms with Gasteiger partial charge in [-0.3, -0.25) is 4.28 Å². The molecule has 0 radical (unpaired) electrons. The van der Waals surface area contributed by atoms with Gasteiger partial charge in [-0.2, -0.15) is 52.3 Å². The summed E-state index contributed by atoms with van der Waals surface area (Å²) in [5, 5.41) is 2.35. The zero-order valence-electron chi connectivity index (χ0n) is 15.3. The fraction of sp³-hybridized carbons (Fsp3) is 0.235. The molecular weight excluding hydrogens is 520 g/mol. The van der Waals surface area contributed by atoms with Crippen LogP contribution in [-0.4, -0.2) is 37.7 Å². The largest absolute Gasteiger partial charge is 0.536 e. The second-order valence-electron chi connectivity index (χ2n) is 6.37. The number of fused-ring (bicyclic) bond motifs is 3. The van der Waals surface area contributed by atoms with Crippen LogP contribution in [0, 0.1) is 0 Å². The molecule has 0 saturated heterocycles. The molecule has 180 valence electrons. The number of hydrogen-bond acceptors (Lipinski definition) is 5. The highest BCUT2D eigenvalue weighted by Gasteiger charge is 2.75. The molecule has 0 saturated carbocycles. The van der Waals surface area contributed by atoms with Crippen LogP contribution < -0.4 is 0 Å². The van der Waals surface area contributed by atoms with Crippen LogP contribution in [-0.2, 0) is 14.4 Å². The third-order valence-corrected chi connectivity index (χ3v) is 6.20. The SMILES string of the molecule is O=S(=O)(ON=C(c1ccc2sc3ccccc3c2c1)C(F)(F)C(F)(F)C(F)(F)F)C(F)(F)F. The molecule has 16 heteroatoms.